The van der Waals surface area contributed by atoms with Crippen LogP contribution in [0.2, 0.25) is 0 Å². The highest BCUT2D eigenvalue weighted by molar-refractivity contribution is 5.81. The number of hydrogen-bond donors (Lipinski definition) is 1. The van der Waals surface area contributed by atoms with Crippen molar-refractivity contribution in [2.45, 2.75) is 26.7 Å². The largest absolute Gasteiger partial charge is 0.369 e. The Morgan fingerprint density at radius 3 is 2.21 bits per heavy atom. The fourth-order valence-corrected chi connectivity index (χ4v) is 1.37. The molecule has 0 unspecified atom stereocenters. The van der Waals surface area contributed by atoms with Gasteiger partial charge in [-0.15, -0.1) is 0 Å². The Balaban J connectivity index is 2.96. The van der Waals surface area contributed by atoms with E-state index in [1.807, 2.05) is 51.1 Å². The molecule has 2 nitrogen and oxygen atoms in total. The van der Waals surface area contributed by atoms with E-state index in [-0.39, 0.29) is 11.8 Å². The maximum absolute atomic E-state index is 11.3. The maximum Gasteiger partial charge on any atom is 0.223 e. The van der Waals surface area contributed by atoms with Gasteiger partial charge in [0.1, 0.15) is 0 Å². The minimum absolute atomic E-state index is 0.140. The second kappa shape index (κ2) is 3.82. The number of carbonyl (C=O) groups is 1. The lowest BCUT2D eigenvalue weighted by atomic mass is 9.75. The molecule has 1 atom stereocenters. The zero-order valence-corrected chi connectivity index (χ0v) is 8.95. The van der Waals surface area contributed by atoms with Gasteiger partial charge < -0.3 is 5.73 Å². The van der Waals surface area contributed by atoms with E-state index in [1.54, 1.807) is 0 Å². The summed E-state index contributed by atoms with van der Waals surface area (Å²) in [5, 5.41) is 0. The molecule has 0 aliphatic heterocycles. The summed E-state index contributed by atoms with van der Waals surface area (Å²) in [4.78, 5) is 11.3. The maximum atomic E-state index is 11.3. The SMILES string of the molecule is C[C@H](c1ccccc1)C(C)(C)C(N)=O. The molecule has 0 aliphatic rings. The molecule has 1 aromatic rings. The van der Waals surface area contributed by atoms with Crippen molar-refractivity contribution in [3.8, 4) is 0 Å². The van der Waals surface area contributed by atoms with Gasteiger partial charge in [0.2, 0.25) is 5.91 Å². The fourth-order valence-electron chi connectivity index (χ4n) is 1.37. The van der Waals surface area contributed by atoms with Crippen LogP contribution in [0.4, 0.5) is 0 Å². The summed E-state index contributed by atoms with van der Waals surface area (Å²) < 4.78 is 0. The lowest BCUT2D eigenvalue weighted by molar-refractivity contribution is -0.126. The van der Waals surface area contributed by atoms with Crippen LogP contribution in [0.1, 0.15) is 32.3 Å². The van der Waals surface area contributed by atoms with Crippen molar-refractivity contribution in [1.29, 1.82) is 0 Å². The first-order valence-electron chi connectivity index (χ1n) is 4.81. The molecule has 1 aromatic carbocycles. The average Bonchev–Trinajstić information content (AvgIpc) is 2.17. The van der Waals surface area contributed by atoms with E-state index in [9.17, 15) is 4.79 Å². The minimum Gasteiger partial charge on any atom is -0.369 e. The highest BCUT2D eigenvalue weighted by Gasteiger charge is 2.32. The van der Waals surface area contributed by atoms with Crippen molar-refractivity contribution < 1.29 is 4.79 Å². The fraction of sp³-hybridized carbons (Fsp3) is 0.417. The number of carbonyl (C=O) groups excluding carboxylic acids is 1. The molecule has 0 fully saturated rings. The van der Waals surface area contributed by atoms with Gasteiger partial charge in [-0.05, 0) is 11.5 Å². The third kappa shape index (κ3) is 1.95. The number of hydrogen-bond acceptors (Lipinski definition) is 1. The van der Waals surface area contributed by atoms with Gasteiger partial charge in [-0.2, -0.15) is 0 Å². The van der Waals surface area contributed by atoms with E-state index in [0.29, 0.717) is 0 Å². The van der Waals surface area contributed by atoms with Crippen LogP contribution in [-0.2, 0) is 4.79 Å². The number of primary amides is 1. The topological polar surface area (TPSA) is 43.1 Å². The van der Waals surface area contributed by atoms with Crippen LogP contribution in [-0.4, -0.2) is 5.91 Å². The summed E-state index contributed by atoms with van der Waals surface area (Å²) in [7, 11) is 0. The molecule has 1 rings (SSSR count). The van der Waals surface area contributed by atoms with Crippen LogP contribution in [0.15, 0.2) is 30.3 Å². The minimum atomic E-state index is -0.499. The summed E-state index contributed by atoms with van der Waals surface area (Å²) in [6.45, 7) is 5.79. The second-order valence-electron chi connectivity index (χ2n) is 4.22. The Labute approximate surface area is 85.1 Å². The zero-order chi connectivity index (χ0) is 10.8. The van der Waals surface area contributed by atoms with Gasteiger partial charge >= 0.3 is 0 Å². The third-order valence-corrected chi connectivity index (χ3v) is 3.02. The number of amides is 1. The molecular formula is C12H17NO. The van der Waals surface area contributed by atoms with Crippen molar-refractivity contribution in [3.05, 3.63) is 35.9 Å². The molecule has 2 N–H and O–H groups in total. The quantitative estimate of drug-likeness (QED) is 0.782. The van der Waals surface area contributed by atoms with Gasteiger partial charge in [0.25, 0.3) is 0 Å². The Kier molecular flexibility index (Phi) is 2.94. The molecule has 0 saturated carbocycles. The van der Waals surface area contributed by atoms with Crippen molar-refractivity contribution in [3.63, 3.8) is 0 Å². The molecule has 0 aromatic heterocycles. The molecule has 76 valence electrons. The van der Waals surface area contributed by atoms with Crippen LogP contribution in [0.3, 0.4) is 0 Å². The standard InChI is InChI=1S/C12H17NO/c1-9(12(2,3)11(13)14)10-7-5-4-6-8-10/h4-9H,1-3H3,(H2,13,14)/t9-/m1/s1. The lowest BCUT2D eigenvalue weighted by Crippen LogP contribution is -2.35. The predicted molar refractivity (Wildman–Crippen MR) is 57.8 cm³/mol. The summed E-state index contributed by atoms with van der Waals surface area (Å²) in [5.74, 6) is -0.116. The molecule has 0 bridgehead atoms. The van der Waals surface area contributed by atoms with Gasteiger partial charge in [-0.3, -0.25) is 4.79 Å². The van der Waals surface area contributed by atoms with Gasteiger partial charge in [-0.1, -0.05) is 51.1 Å². The Hall–Kier alpha value is -1.31. The molecule has 0 aliphatic carbocycles. The van der Waals surface area contributed by atoms with Gasteiger partial charge in [0, 0.05) is 5.41 Å². The van der Waals surface area contributed by atoms with E-state index >= 15 is 0 Å². The number of rotatable bonds is 3. The van der Waals surface area contributed by atoms with E-state index < -0.39 is 5.41 Å². The van der Waals surface area contributed by atoms with E-state index in [2.05, 4.69) is 0 Å². The van der Waals surface area contributed by atoms with Gasteiger partial charge in [-0.25, -0.2) is 0 Å². The zero-order valence-electron chi connectivity index (χ0n) is 8.95. The molecular weight excluding hydrogens is 174 g/mol. The molecule has 2 heteroatoms. The molecule has 0 saturated heterocycles. The van der Waals surface area contributed by atoms with Crippen LogP contribution >= 0.6 is 0 Å². The summed E-state index contributed by atoms with van der Waals surface area (Å²) in [5.41, 5.74) is 6.02. The van der Waals surface area contributed by atoms with Crippen molar-refractivity contribution in [2.24, 2.45) is 11.1 Å². The first-order valence-corrected chi connectivity index (χ1v) is 4.81. The molecule has 1 amide bonds. The molecule has 0 heterocycles. The van der Waals surface area contributed by atoms with Gasteiger partial charge in [0.15, 0.2) is 0 Å². The Bertz CT molecular complexity index is 316. The average molecular weight is 191 g/mol. The van der Waals surface area contributed by atoms with Crippen LogP contribution < -0.4 is 5.73 Å². The van der Waals surface area contributed by atoms with Crippen LogP contribution in [0.25, 0.3) is 0 Å². The van der Waals surface area contributed by atoms with Gasteiger partial charge in [0.05, 0.1) is 0 Å². The molecule has 0 spiro atoms. The highest BCUT2D eigenvalue weighted by atomic mass is 16.1. The monoisotopic (exact) mass is 191 g/mol. The smallest absolute Gasteiger partial charge is 0.223 e. The van der Waals surface area contributed by atoms with Crippen LogP contribution in [0, 0.1) is 5.41 Å². The third-order valence-electron chi connectivity index (χ3n) is 3.02. The van der Waals surface area contributed by atoms with Crippen molar-refractivity contribution >= 4 is 5.91 Å². The summed E-state index contributed by atoms with van der Waals surface area (Å²) >= 11 is 0. The first-order chi connectivity index (χ1) is 6.46. The normalized spacial score (nSPS) is 13.6. The van der Waals surface area contributed by atoms with E-state index in [4.69, 9.17) is 5.73 Å². The molecule has 0 radical (unpaired) electrons. The first kappa shape index (κ1) is 10.8. The van der Waals surface area contributed by atoms with Crippen LogP contribution in [0.5, 0.6) is 0 Å². The van der Waals surface area contributed by atoms with E-state index in [1.165, 1.54) is 0 Å². The van der Waals surface area contributed by atoms with E-state index in [0.717, 1.165) is 5.56 Å². The number of nitrogens with two attached hydrogens (primary N) is 1. The van der Waals surface area contributed by atoms with Crippen molar-refractivity contribution in [1.82, 2.24) is 0 Å². The Morgan fingerprint density at radius 2 is 1.79 bits per heavy atom. The second-order valence-corrected chi connectivity index (χ2v) is 4.22. The Morgan fingerprint density at radius 1 is 1.29 bits per heavy atom. The summed E-state index contributed by atoms with van der Waals surface area (Å²) in [6.07, 6.45) is 0. The highest BCUT2D eigenvalue weighted by Crippen LogP contribution is 2.34. The lowest BCUT2D eigenvalue weighted by Gasteiger charge is -2.28. The predicted octanol–water partition coefficient (Wildman–Crippen LogP) is 2.30. The molecule has 14 heavy (non-hydrogen) atoms. The number of benzene rings is 1. The van der Waals surface area contributed by atoms with Crippen molar-refractivity contribution in [2.75, 3.05) is 0 Å². The summed E-state index contributed by atoms with van der Waals surface area (Å²) in [6, 6.07) is 9.96.